The monoisotopic (exact) mass is 310 g/mol. The number of benzene rings is 2. The van der Waals surface area contributed by atoms with Gasteiger partial charge >= 0.3 is 0 Å². The summed E-state index contributed by atoms with van der Waals surface area (Å²) in [7, 11) is 3.13. The molecule has 0 unspecified atom stereocenters. The molecule has 0 radical (unpaired) electrons. The Bertz CT molecular complexity index is 708. The lowest BCUT2D eigenvalue weighted by molar-refractivity contribution is -0.110. The highest BCUT2D eigenvalue weighted by molar-refractivity contribution is 6.05. The molecule has 4 heteroatoms. The van der Waals surface area contributed by atoms with Crippen molar-refractivity contribution in [3.63, 3.8) is 0 Å². The van der Waals surface area contributed by atoms with Gasteiger partial charge in [0.2, 0.25) is 0 Å². The molecule has 0 fully saturated rings. The molecule has 0 aliphatic rings. The van der Waals surface area contributed by atoms with Crippen LogP contribution in [0, 0.1) is 0 Å². The summed E-state index contributed by atoms with van der Waals surface area (Å²) in [4.78, 5) is 11.9. The number of ether oxygens (including phenoxy) is 2. The summed E-state index contributed by atoms with van der Waals surface area (Å²) in [5, 5.41) is 9.92. The van der Waals surface area contributed by atoms with Crippen molar-refractivity contribution in [2.75, 3.05) is 14.2 Å². The van der Waals surface area contributed by atoms with Crippen molar-refractivity contribution in [3.8, 4) is 11.5 Å². The van der Waals surface area contributed by atoms with Crippen molar-refractivity contribution in [2.24, 2.45) is 0 Å². The van der Waals surface area contributed by atoms with E-state index in [9.17, 15) is 9.90 Å². The summed E-state index contributed by atoms with van der Waals surface area (Å²) in [6.45, 7) is 0. The molecule has 0 spiro atoms. The Hall–Kier alpha value is -3.01. The van der Waals surface area contributed by atoms with Gasteiger partial charge in [0.15, 0.2) is 5.78 Å². The largest absolute Gasteiger partial charge is 0.507 e. The van der Waals surface area contributed by atoms with Gasteiger partial charge in [-0.25, -0.2) is 0 Å². The standard InChI is InChI=1S/C19H18O4/c1-22-17-10-14(11-18(13-17)23-2)8-9-16(20)12-19(21)15-6-4-3-5-7-15/h3-13,21H,1-2H3/b9-8+,19-12-. The van der Waals surface area contributed by atoms with Crippen molar-refractivity contribution in [3.05, 3.63) is 71.8 Å². The molecule has 23 heavy (non-hydrogen) atoms. The first-order chi connectivity index (χ1) is 11.1. The van der Waals surface area contributed by atoms with Crippen molar-refractivity contribution in [1.29, 1.82) is 0 Å². The lowest BCUT2D eigenvalue weighted by Crippen LogP contribution is -1.91. The Morgan fingerprint density at radius 2 is 1.61 bits per heavy atom. The van der Waals surface area contributed by atoms with Crippen LogP contribution in [0.4, 0.5) is 0 Å². The van der Waals surface area contributed by atoms with Gasteiger partial charge in [0.05, 0.1) is 14.2 Å². The SMILES string of the molecule is COc1cc(/C=C/C(=O)/C=C(\O)c2ccccc2)cc(OC)c1. The Labute approximate surface area is 135 Å². The first kappa shape index (κ1) is 16.4. The molecular weight excluding hydrogens is 292 g/mol. The summed E-state index contributed by atoms with van der Waals surface area (Å²) in [6, 6.07) is 14.2. The number of methoxy groups -OCH3 is 2. The summed E-state index contributed by atoms with van der Waals surface area (Å²) >= 11 is 0. The Balaban J connectivity index is 2.15. The fraction of sp³-hybridized carbons (Fsp3) is 0.105. The predicted octanol–water partition coefficient (Wildman–Crippen LogP) is 3.89. The van der Waals surface area contributed by atoms with E-state index in [0.717, 1.165) is 5.56 Å². The molecule has 0 heterocycles. The number of carbonyl (C=O) groups is 1. The van der Waals surface area contributed by atoms with Crippen LogP contribution in [-0.4, -0.2) is 25.1 Å². The number of ketones is 1. The second kappa shape index (κ2) is 7.84. The molecular formula is C19H18O4. The van der Waals surface area contributed by atoms with E-state index in [2.05, 4.69) is 0 Å². The smallest absolute Gasteiger partial charge is 0.182 e. The fourth-order valence-electron chi connectivity index (χ4n) is 1.98. The minimum atomic E-state index is -0.312. The van der Waals surface area contributed by atoms with Gasteiger partial charge < -0.3 is 14.6 Å². The predicted molar refractivity (Wildman–Crippen MR) is 90.6 cm³/mol. The van der Waals surface area contributed by atoms with Crippen LogP contribution in [0.15, 0.2) is 60.7 Å². The Morgan fingerprint density at radius 3 is 2.17 bits per heavy atom. The topological polar surface area (TPSA) is 55.8 Å². The van der Waals surface area contributed by atoms with Crippen LogP contribution in [0.5, 0.6) is 11.5 Å². The molecule has 0 saturated heterocycles. The molecule has 0 bridgehead atoms. The van der Waals surface area contributed by atoms with Crippen molar-refractivity contribution in [2.45, 2.75) is 0 Å². The molecule has 0 aromatic heterocycles. The van der Waals surface area contributed by atoms with Crippen LogP contribution in [0.25, 0.3) is 11.8 Å². The zero-order valence-electron chi connectivity index (χ0n) is 13.0. The summed E-state index contributed by atoms with van der Waals surface area (Å²) in [5.74, 6) is 0.898. The summed E-state index contributed by atoms with van der Waals surface area (Å²) in [6.07, 6.45) is 4.21. The molecule has 0 saturated carbocycles. The van der Waals surface area contributed by atoms with E-state index in [1.807, 2.05) is 6.07 Å². The third-order valence-corrected chi connectivity index (χ3v) is 3.16. The van der Waals surface area contributed by atoms with E-state index in [1.165, 1.54) is 12.2 Å². The third kappa shape index (κ3) is 4.74. The zero-order chi connectivity index (χ0) is 16.7. The van der Waals surface area contributed by atoms with Gasteiger partial charge in [0.25, 0.3) is 0 Å². The number of hydrogen-bond acceptors (Lipinski definition) is 4. The van der Waals surface area contributed by atoms with Crippen LogP contribution in [0.1, 0.15) is 11.1 Å². The van der Waals surface area contributed by atoms with E-state index in [1.54, 1.807) is 62.8 Å². The number of aliphatic hydroxyl groups is 1. The van der Waals surface area contributed by atoms with Gasteiger partial charge in [-0.05, 0) is 23.8 Å². The Kier molecular flexibility index (Phi) is 5.58. The van der Waals surface area contributed by atoms with Crippen LogP contribution in [-0.2, 0) is 4.79 Å². The number of rotatable bonds is 6. The third-order valence-electron chi connectivity index (χ3n) is 3.16. The summed E-state index contributed by atoms with van der Waals surface area (Å²) < 4.78 is 10.4. The van der Waals surface area contributed by atoms with Crippen molar-refractivity contribution < 1.29 is 19.4 Å². The average Bonchev–Trinajstić information content (AvgIpc) is 2.60. The van der Waals surface area contributed by atoms with Crippen molar-refractivity contribution in [1.82, 2.24) is 0 Å². The second-order valence-corrected chi connectivity index (χ2v) is 4.78. The fourth-order valence-corrected chi connectivity index (χ4v) is 1.98. The highest BCUT2D eigenvalue weighted by Gasteiger charge is 2.02. The van der Waals surface area contributed by atoms with Crippen LogP contribution in [0.3, 0.4) is 0 Å². The lowest BCUT2D eigenvalue weighted by Gasteiger charge is -2.05. The molecule has 2 aromatic rings. The molecule has 0 aliphatic heterocycles. The number of carbonyl (C=O) groups excluding carboxylic acids is 1. The first-order valence-electron chi connectivity index (χ1n) is 7.03. The summed E-state index contributed by atoms with van der Waals surface area (Å²) in [5.41, 5.74) is 1.36. The highest BCUT2D eigenvalue weighted by Crippen LogP contribution is 2.23. The molecule has 2 rings (SSSR count). The number of hydrogen-bond donors (Lipinski definition) is 1. The van der Waals surface area contributed by atoms with Crippen LogP contribution in [0.2, 0.25) is 0 Å². The maximum atomic E-state index is 11.9. The second-order valence-electron chi connectivity index (χ2n) is 4.78. The zero-order valence-corrected chi connectivity index (χ0v) is 13.0. The normalized spacial score (nSPS) is 11.5. The van der Waals surface area contributed by atoms with Gasteiger partial charge in [0, 0.05) is 17.7 Å². The van der Waals surface area contributed by atoms with E-state index in [4.69, 9.17) is 9.47 Å². The molecule has 118 valence electrons. The minimum absolute atomic E-state index is 0.0662. The maximum absolute atomic E-state index is 11.9. The highest BCUT2D eigenvalue weighted by atomic mass is 16.5. The molecule has 0 aliphatic carbocycles. The average molecular weight is 310 g/mol. The van der Waals surface area contributed by atoms with E-state index in [0.29, 0.717) is 17.1 Å². The first-order valence-corrected chi connectivity index (χ1v) is 7.03. The van der Waals surface area contributed by atoms with Gasteiger partial charge in [-0.2, -0.15) is 0 Å². The number of allylic oxidation sites excluding steroid dienone is 2. The van der Waals surface area contributed by atoms with E-state index in [-0.39, 0.29) is 11.5 Å². The molecule has 2 aromatic carbocycles. The molecule has 0 amide bonds. The van der Waals surface area contributed by atoms with Gasteiger partial charge in [-0.1, -0.05) is 36.4 Å². The van der Waals surface area contributed by atoms with Crippen LogP contribution < -0.4 is 9.47 Å². The Morgan fingerprint density at radius 1 is 1.00 bits per heavy atom. The lowest BCUT2D eigenvalue weighted by atomic mass is 10.1. The van der Waals surface area contributed by atoms with Gasteiger partial charge in [0.1, 0.15) is 17.3 Å². The molecule has 1 N–H and O–H groups in total. The maximum Gasteiger partial charge on any atom is 0.182 e. The van der Waals surface area contributed by atoms with Crippen LogP contribution >= 0.6 is 0 Å². The molecule has 4 nitrogen and oxygen atoms in total. The molecule has 0 atom stereocenters. The quantitative estimate of drug-likeness (QED) is 0.650. The van der Waals surface area contributed by atoms with Crippen molar-refractivity contribution >= 4 is 17.6 Å². The number of aliphatic hydroxyl groups excluding tert-OH is 1. The van der Waals surface area contributed by atoms with Gasteiger partial charge in [-0.3, -0.25) is 4.79 Å². The van der Waals surface area contributed by atoms with E-state index >= 15 is 0 Å². The van der Waals surface area contributed by atoms with Gasteiger partial charge in [-0.15, -0.1) is 0 Å². The minimum Gasteiger partial charge on any atom is -0.507 e. The van der Waals surface area contributed by atoms with E-state index < -0.39 is 0 Å².